The van der Waals surface area contributed by atoms with Gasteiger partial charge >= 0.3 is 17.9 Å². The van der Waals surface area contributed by atoms with Crippen molar-refractivity contribution < 1.29 is 28.6 Å². The molecule has 1 unspecified atom stereocenters. The van der Waals surface area contributed by atoms with E-state index in [4.69, 9.17) is 14.2 Å². The molecular weight excluding hydrogens is 949 g/mol. The molecule has 0 aliphatic rings. The smallest absolute Gasteiger partial charge is 0.306 e. The molecule has 0 aromatic carbocycles. The minimum Gasteiger partial charge on any atom is -0.462 e. The van der Waals surface area contributed by atoms with Gasteiger partial charge in [-0.2, -0.15) is 0 Å². The lowest BCUT2D eigenvalue weighted by atomic mass is 10.0. The van der Waals surface area contributed by atoms with Crippen molar-refractivity contribution in [3.05, 3.63) is 24.3 Å². The first-order chi connectivity index (χ1) is 38.0. The van der Waals surface area contributed by atoms with Crippen molar-refractivity contribution in [1.29, 1.82) is 0 Å². The molecule has 0 N–H and O–H groups in total. The largest absolute Gasteiger partial charge is 0.462 e. The van der Waals surface area contributed by atoms with Crippen LogP contribution in [0, 0.1) is 0 Å². The number of ether oxygens (including phenoxy) is 3. The second kappa shape index (κ2) is 66.4. The molecular formula is C71H134O6. The minimum absolute atomic E-state index is 0.0676. The Morgan fingerprint density at radius 3 is 0.714 bits per heavy atom. The maximum absolute atomic E-state index is 12.9. The van der Waals surface area contributed by atoms with E-state index in [1.54, 1.807) is 0 Å². The SMILES string of the molecule is CCCCCCC/C=C\C/C=C\CCCCCCCCCCCC(=O)OC(COC(=O)CCCCCCCCC)COC(=O)CCCCCCCCCCCCCCCCCCCCCCCCCCCCCCCCC. The highest BCUT2D eigenvalue weighted by molar-refractivity contribution is 5.71. The molecule has 0 aromatic heterocycles. The van der Waals surface area contributed by atoms with Gasteiger partial charge in [0.15, 0.2) is 6.10 Å². The summed E-state index contributed by atoms with van der Waals surface area (Å²) in [5.41, 5.74) is 0. The van der Waals surface area contributed by atoms with Crippen LogP contribution in [-0.4, -0.2) is 37.2 Å². The average Bonchev–Trinajstić information content (AvgIpc) is 3.43. The molecule has 1 atom stereocenters. The van der Waals surface area contributed by atoms with E-state index in [-0.39, 0.29) is 31.1 Å². The Balaban J connectivity index is 3.99. The number of esters is 3. The molecule has 0 rings (SSSR count). The molecule has 0 aliphatic carbocycles. The van der Waals surface area contributed by atoms with Crippen LogP contribution in [-0.2, 0) is 28.6 Å². The molecule has 77 heavy (non-hydrogen) atoms. The quantitative estimate of drug-likeness (QED) is 0.0261. The summed E-state index contributed by atoms with van der Waals surface area (Å²) in [6, 6.07) is 0. The van der Waals surface area contributed by atoms with E-state index in [1.165, 1.54) is 289 Å². The first-order valence-electron chi connectivity index (χ1n) is 34.8. The summed E-state index contributed by atoms with van der Waals surface area (Å²) in [4.78, 5) is 38.1. The molecule has 454 valence electrons. The van der Waals surface area contributed by atoms with Gasteiger partial charge in [-0.15, -0.1) is 0 Å². The number of hydrogen-bond donors (Lipinski definition) is 0. The van der Waals surface area contributed by atoms with Gasteiger partial charge < -0.3 is 14.2 Å². The van der Waals surface area contributed by atoms with Crippen LogP contribution in [0.25, 0.3) is 0 Å². The maximum atomic E-state index is 12.9. The molecule has 0 fully saturated rings. The van der Waals surface area contributed by atoms with Gasteiger partial charge in [-0.1, -0.05) is 347 Å². The summed E-state index contributed by atoms with van der Waals surface area (Å²) in [5, 5.41) is 0. The maximum Gasteiger partial charge on any atom is 0.306 e. The van der Waals surface area contributed by atoms with Gasteiger partial charge in [-0.3, -0.25) is 14.4 Å². The fourth-order valence-electron chi connectivity index (χ4n) is 10.7. The molecule has 0 saturated heterocycles. The summed E-state index contributed by atoms with van der Waals surface area (Å²) >= 11 is 0. The zero-order valence-electron chi connectivity index (χ0n) is 52.3. The Morgan fingerprint density at radius 2 is 0.468 bits per heavy atom. The van der Waals surface area contributed by atoms with E-state index >= 15 is 0 Å². The summed E-state index contributed by atoms with van der Waals surface area (Å²) in [6.07, 6.45) is 81.0. The Labute approximate surface area is 481 Å². The highest BCUT2D eigenvalue weighted by Crippen LogP contribution is 2.19. The first-order valence-corrected chi connectivity index (χ1v) is 34.8. The van der Waals surface area contributed by atoms with Crippen molar-refractivity contribution in [2.45, 2.75) is 399 Å². The van der Waals surface area contributed by atoms with Crippen molar-refractivity contribution in [3.8, 4) is 0 Å². The zero-order valence-corrected chi connectivity index (χ0v) is 52.3. The summed E-state index contributed by atoms with van der Waals surface area (Å²) in [5.74, 6) is -0.853. The predicted octanol–water partition coefficient (Wildman–Crippen LogP) is 23.8. The van der Waals surface area contributed by atoms with Gasteiger partial charge in [0.05, 0.1) is 0 Å². The van der Waals surface area contributed by atoms with Crippen LogP contribution in [0.1, 0.15) is 393 Å². The van der Waals surface area contributed by atoms with Crippen molar-refractivity contribution in [2.24, 2.45) is 0 Å². The van der Waals surface area contributed by atoms with Crippen molar-refractivity contribution >= 4 is 17.9 Å². The molecule has 0 heterocycles. The van der Waals surface area contributed by atoms with Gasteiger partial charge in [0.25, 0.3) is 0 Å². The monoisotopic (exact) mass is 1080 g/mol. The van der Waals surface area contributed by atoms with E-state index < -0.39 is 6.10 Å². The molecule has 0 aliphatic heterocycles. The molecule has 0 saturated carbocycles. The van der Waals surface area contributed by atoms with Crippen LogP contribution >= 0.6 is 0 Å². The summed E-state index contributed by atoms with van der Waals surface area (Å²) < 4.78 is 16.9. The van der Waals surface area contributed by atoms with Crippen LogP contribution in [0.4, 0.5) is 0 Å². The molecule has 0 bridgehead atoms. The molecule has 0 radical (unpaired) electrons. The van der Waals surface area contributed by atoms with Crippen molar-refractivity contribution in [3.63, 3.8) is 0 Å². The number of allylic oxidation sites excluding steroid dienone is 4. The normalized spacial score (nSPS) is 12.1. The highest BCUT2D eigenvalue weighted by atomic mass is 16.6. The second-order valence-corrected chi connectivity index (χ2v) is 23.8. The third-order valence-electron chi connectivity index (χ3n) is 16.0. The van der Waals surface area contributed by atoms with Gasteiger partial charge in [-0.25, -0.2) is 0 Å². The minimum atomic E-state index is -0.769. The van der Waals surface area contributed by atoms with Crippen LogP contribution in [0.2, 0.25) is 0 Å². The molecule has 0 spiro atoms. The van der Waals surface area contributed by atoms with Crippen LogP contribution in [0.3, 0.4) is 0 Å². The lowest BCUT2D eigenvalue weighted by Crippen LogP contribution is -2.30. The molecule has 6 nitrogen and oxygen atoms in total. The number of rotatable bonds is 65. The van der Waals surface area contributed by atoms with E-state index in [0.717, 1.165) is 64.2 Å². The molecule has 0 amide bonds. The van der Waals surface area contributed by atoms with Gasteiger partial charge in [0.1, 0.15) is 13.2 Å². The molecule has 6 heteroatoms. The number of hydrogen-bond acceptors (Lipinski definition) is 6. The third kappa shape index (κ3) is 64.6. The van der Waals surface area contributed by atoms with Crippen LogP contribution in [0.15, 0.2) is 24.3 Å². The van der Waals surface area contributed by atoms with Crippen LogP contribution in [0.5, 0.6) is 0 Å². The van der Waals surface area contributed by atoms with Crippen LogP contribution < -0.4 is 0 Å². The number of carbonyl (C=O) groups is 3. The fourth-order valence-corrected chi connectivity index (χ4v) is 10.7. The highest BCUT2D eigenvalue weighted by Gasteiger charge is 2.19. The van der Waals surface area contributed by atoms with Crippen molar-refractivity contribution in [1.82, 2.24) is 0 Å². The Morgan fingerprint density at radius 1 is 0.260 bits per heavy atom. The van der Waals surface area contributed by atoms with Gasteiger partial charge in [-0.05, 0) is 51.4 Å². The van der Waals surface area contributed by atoms with E-state index in [0.29, 0.717) is 19.3 Å². The van der Waals surface area contributed by atoms with E-state index in [9.17, 15) is 14.4 Å². The second-order valence-electron chi connectivity index (χ2n) is 23.8. The zero-order chi connectivity index (χ0) is 55.7. The molecule has 0 aromatic rings. The third-order valence-corrected chi connectivity index (χ3v) is 16.0. The Hall–Kier alpha value is -2.11. The topological polar surface area (TPSA) is 78.9 Å². The lowest BCUT2D eigenvalue weighted by molar-refractivity contribution is -0.167. The standard InChI is InChI=1S/C71H134O6/c1-4-7-10-13-16-18-20-22-24-26-28-30-31-32-33-34-35-36-37-38-39-41-42-44-46-48-50-52-55-58-61-64-70(73)76-67-68(66-75-69(72)63-60-57-54-15-12-9-6-3)77-71(74)65-62-59-56-53-51-49-47-45-43-40-29-27-25-23-21-19-17-14-11-8-5-2/h21,23,27,29,68H,4-20,22,24-26,28,30-67H2,1-3H3/b23-21-,29-27-. The summed E-state index contributed by atoms with van der Waals surface area (Å²) in [7, 11) is 0. The first kappa shape index (κ1) is 74.9. The average molecular weight is 1080 g/mol. The van der Waals surface area contributed by atoms with E-state index in [1.807, 2.05) is 0 Å². The summed E-state index contributed by atoms with van der Waals surface area (Å²) in [6.45, 7) is 6.65. The van der Waals surface area contributed by atoms with E-state index in [2.05, 4.69) is 45.1 Å². The lowest BCUT2D eigenvalue weighted by Gasteiger charge is -2.18. The van der Waals surface area contributed by atoms with Gasteiger partial charge in [0, 0.05) is 19.3 Å². The van der Waals surface area contributed by atoms with Crippen molar-refractivity contribution in [2.75, 3.05) is 13.2 Å². The number of unbranched alkanes of at least 4 members (excludes halogenated alkanes) is 50. The number of carbonyl (C=O) groups excluding carboxylic acids is 3. The Bertz CT molecular complexity index is 1240. The fraction of sp³-hybridized carbons (Fsp3) is 0.901. The Kier molecular flexibility index (Phi) is 64.6. The van der Waals surface area contributed by atoms with Gasteiger partial charge in [0.2, 0.25) is 0 Å². The predicted molar refractivity (Wildman–Crippen MR) is 335 cm³/mol.